The van der Waals surface area contributed by atoms with Crippen LogP contribution in [0, 0.1) is 0 Å². The number of benzene rings is 2. The van der Waals surface area contributed by atoms with Gasteiger partial charge in [0.1, 0.15) is 0 Å². The predicted octanol–water partition coefficient (Wildman–Crippen LogP) is 4.58. The topological polar surface area (TPSA) is 69.6 Å². The van der Waals surface area contributed by atoms with Crippen LogP contribution in [0.25, 0.3) is 11.3 Å². The molecule has 0 saturated carbocycles. The van der Waals surface area contributed by atoms with Gasteiger partial charge in [0, 0.05) is 42.8 Å². The lowest BCUT2D eigenvalue weighted by Gasteiger charge is -2.36. The van der Waals surface area contributed by atoms with Crippen molar-refractivity contribution < 1.29 is 9.59 Å². The molecule has 0 unspecified atom stereocenters. The van der Waals surface area contributed by atoms with Crippen LogP contribution in [0.5, 0.6) is 0 Å². The fourth-order valence-corrected chi connectivity index (χ4v) is 4.70. The maximum Gasteiger partial charge on any atom is 0.242 e. The van der Waals surface area contributed by atoms with Gasteiger partial charge >= 0.3 is 0 Å². The van der Waals surface area contributed by atoms with Gasteiger partial charge < -0.3 is 14.7 Å². The summed E-state index contributed by atoms with van der Waals surface area (Å²) in [6.45, 7) is 6.36. The van der Waals surface area contributed by atoms with Crippen molar-refractivity contribution >= 4 is 40.8 Å². The van der Waals surface area contributed by atoms with E-state index < -0.39 is 0 Å². The molecule has 0 spiro atoms. The lowest BCUT2D eigenvalue weighted by Crippen LogP contribution is -2.53. The molecule has 0 bridgehead atoms. The van der Waals surface area contributed by atoms with Crippen molar-refractivity contribution in [1.29, 1.82) is 0 Å². The second-order valence-electron chi connectivity index (χ2n) is 9.05. The van der Waals surface area contributed by atoms with Crippen LogP contribution in [0.4, 0.5) is 5.82 Å². The molecule has 188 valence electrons. The molecule has 1 aliphatic heterocycles. The molecule has 0 N–H and O–H groups in total. The molecule has 1 saturated heterocycles. The highest BCUT2D eigenvalue weighted by molar-refractivity contribution is 6.36. The minimum absolute atomic E-state index is 0.0384. The zero-order chi connectivity index (χ0) is 25.7. The number of carbonyl (C=O) groups excluding carboxylic acids is 2. The van der Waals surface area contributed by atoms with E-state index in [2.05, 4.69) is 15.1 Å². The van der Waals surface area contributed by atoms with E-state index in [4.69, 9.17) is 23.2 Å². The molecule has 0 atom stereocenters. The average Bonchev–Trinajstić information content (AvgIpc) is 2.88. The number of anilines is 1. The Balaban J connectivity index is 1.33. The standard InChI is InChI=1S/C27H29Cl2N5O2/c1-19(2)34(26(35)16-20-6-4-3-5-7-20)18-27(36)33-14-12-32(13-15-33)25-11-10-24(30-31-25)22-9-8-21(28)17-23(22)29/h3-11,17,19H,12-16,18H2,1-2H3. The zero-order valence-electron chi connectivity index (χ0n) is 20.4. The smallest absolute Gasteiger partial charge is 0.242 e. The van der Waals surface area contributed by atoms with Crippen LogP contribution >= 0.6 is 23.2 Å². The summed E-state index contributed by atoms with van der Waals surface area (Å²) in [6, 6.07) is 18.6. The van der Waals surface area contributed by atoms with Crippen molar-refractivity contribution in [2.75, 3.05) is 37.6 Å². The molecule has 9 heteroatoms. The Labute approximate surface area is 221 Å². The summed E-state index contributed by atoms with van der Waals surface area (Å²) in [6.07, 6.45) is 0.288. The number of piperazine rings is 1. The van der Waals surface area contributed by atoms with Gasteiger partial charge in [0.2, 0.25) is 11.8 Å². The van der Waals surface area contributed by atoms with Gasteiger partial charge in [-0.05, 0) is 49.7 Å². The molecule has 1 fully saturated rings. The van der Waals surface area contributed by atoms with E-state index in [9.17, 15) is 9.59 Å². The number of nitrogens with zero attached hydrogens (tertiary/aromatic N) is 5. The van der Waals surface area contributed by atoms with E-state index in [-0.39, 0.29) is 30.8 Å². The quantitative estimate of drug-likeness (QED) is 0.451. The summed E-state index contributed by atoms with van der Waals surface area (Å²) in [4.78, 5) is 31.5. The highest BCUT2D eigenvalue weighted by Gasteiger charge is 2.26. The second-order valence-corrected chi connectivity index (χ2v) is 9.89. The summed E-state index contributed by atoms with van der Waals surface area (Å²) in [5, 5.41) is 9.80. The van der Waals surface area contributed by atoms with Gasteiger partial charge in [-0.15, -0.1) is 10.2 Å². The normalized spacial score (nSPS) is 13.7. The third-order valence-electron chi connectivity index (χ3n) is 6.26. The van der Waals surface area contributed by atoms with Crippen LogP contribution in [-0.2, 0) is 16.0 Å². The highest BCUT2D eigenvalue weighted by atomic mass is 35.5. The first kappa shape index (κ1) is 25.9. The largest absolute Gasteiger partial charge is 0.352 e. The van der Waals surface area contributed by atoms with E-state index in [0.717, 1.165) is 16.9 Å². The van der Waals surface area contributed by atoms with Gasteiger partial charge in [-0.25, -0.2) is 0 Å². The summed E-state index contributed by atoms with van der Waals surface area (Å²) < 4.78 is 0. The second kappa shape index (κ2) is 11.7. The molecule has 1 aliphatic rings. The molecule has 2 aromatic carbocycles. The first-order valence-electron chi connectivity index (χ1n) is 12.0. The minimum Gasteiger partial charge on any atom is -0.352 e. The number of halogens is 2. The Kier molecular flexibility index (Phi) is 8.44. The van der Waals surface area contributed by atoms with Gasteiger partial charge in [0.05, 0.1) is 23.7 Å². The van der Waals surface area contributed by atoms with Crippen LogP contribution in [0.1, 0.15) is 19.4 Å². The van der Waals surface area contributed by atoms with E-state index >= 15 is 0 Å². The average molecular weight is 526 g/mol. The van der Waals surface area contributed by atoms with Gasteiger partial charge in [0.25, 0.3) is 0 Å². The molecule has 4 rings (SSSR count). The first-order valence-corrected chi connectivity index (χ1v) is 12.7. The van der Waals surface area contributed by atoms with Crippen molar-refractivity contribution in [3.8, 4) is 11.3 Å². The SMILES string of the molecule is CC(C)N(CC(=O)N1CCN(c2ccc(-c3ccc(Cl)cc3Cl)nn2)CC1)C(=O)Cc1ccccc1. The van der Waals surface area contributed by atoms with Gasteiger partial charge in [-0.2, -0.15) is 0 Å². The number of aromatic nitrogens is 2. The minimum atomic E-state index is -0.0608. The molecule has 0 radical (unpaired) electrons. The van der Waals surface area contributed by atoms with E-state index in [1.807, 2.05) is 67.3 Å². The Hall–Kier alpha value is -3.16. The third kappa shape index (κ3) is 6.33. The van der Waals surface area contributed by atoms with Gasteiger partial charge in [0.15, 0.2) is 5.82 Å². The first-order chi connectivity index (χ1) is 17.3. The third-order valence-corrected chi connectivity index (χ3v) is 6.81. The van der Waals surface area contributed by atoms with Gasteiger partial charge in [-0.3, -0.25) is 9.59 Å². The van der Waals surface area contributed by atoms with E-state index in [1.165, 1.54) is 0 Å². The molecule has 36 heavy (non-hydrogen) atoms. The molecule has 2 amide bonds. The maximum absolute atomic E-state index is 13.0. The molecule has 2 heterocycles. The van der Waals surface area contributed by atoms with Crippen LogP contribution in [0.15, 0.2) is 60.7 Å². The van der Waals surface area contributed by atoms with Crippen LogP contribution in [0.3, 0.4) is 0 Å². The van der Waals surface area contributed by atoms with E-state index in [0.29, 0.717) is 41.9 Å². The Bertz CT molecular complexity index is 1200. The number of hydrogen-bond donors (Lipinski definition) is 0. The lowest BCUT2D eigenvalue weighted by molar-refractivity contribution is -0.141. The lowest BCUT2D eigenvalue weighted by atomic mass is 10.1. The summed E-state index contributed by atoms with van der Waals surface area (Å²) in [7, 11) is 0. The van der Waals surface area contributed by atoms with Crippen LogP contribution < -0.4 is 4.90 Å². The fraction of sp³-hybridized carbons (Fsp3) is 0.333. The number of hydrogen-bond acceptors (Lipinski definition) is 5. The Morgan fingerprint density at radius 2 is 1.67 bits per heavy atom. The molecule has 3 aromatic rings. The fourth-order valence-electron chi connectivity index (χ4n) is 4.20. The van der Waals surface area contributed by atoms with Crippen molar-refractivity contribution in [3.63, 3.8) is 0 Å². The molecule has 0 aliphatic carbocycles. The van der Waals surface area contributed by atoms with Crippen molar-refractivity contribution in [1.82, 2.24) is 20.0 Å². The maximum atomic E-state index is 13.0. The summed E-state index contributed by atoms with van der Waals surface area (Å²) in [5.74, 6) is 0.667. The van der Waals surface area contributed by atoms with Crippen LogP contribution in [0.2, 0.25) is 10.0 Å². The van der Waals surface area contributed by atoms with Crippen molar-refractivity contribution in [2.45, 2.75) is 26.3 Å². The van der Waals surface area contributed by atoms with Crippen LogP contribution in [-0.4, -0.2) is 70.6 Å². The summed E-state index contributed by atoms with van der Waals surface area (Å²) >= 11 is 12.3. The molecular formula is C27H29Cl2N5O2. The zero-order valence-corrected chi connectivity index (χ0v) is 21.9. The predicted molar refractivity (Wildman–Crippen MR) is 143 cm³/mol. The highest BCUT2D eigenvalue weighted by Crippen LogP contribution is 2.29. The van der Waals surface area contributed by atoms with Crippen molar-refractivity contribution in [2.24, 2.45) is 0 Å². The molecule has 7 nitrogen and oxygen atoms in total. The number of amides is 2. The van der Waals surface area contributed by atoms with Crippen molar-refractivity contribution in [3.05, 3.63) is 76.3 Å². The number of rotatable bonds is 7. The van der Waals surface area contributed by atoms with Gasteiger partial charge in [-0.1, -0.05) is 53.5 Å². The molecule has 1 aromatic heterocycles. The van der Waals surface area contributed by atoms with E-state index in [1.54, 1.807) is 17.0 Å². The summed E-state index contributed by atoms with van der Waals surface area (Å²) in [5.41, 5.74) is 2.38. The Morgan fingerprint density at radius 3 is 2.28 bits per heavy atom. The molecular weight excluding hydrogens is 497 g/mol. The Morgan fingerprint density at radius 1 is 0.944 bits per heavy atom. The number of carbonyl (C=O) groups is 2. The monoisotopic (exact) mass is 525 g/mol.